The molecule has 0 unspecified atom stereocenters. The molecule has 2 N–H and O–H groups in total. The number of nitrogens with zero attached hydrogens (tertiary/aromatic N) is 2. The normalized spacial score (nSPS) is 25.9. The van der Waals surface area contributed by atoms with Crippen molar-refractivity contribution in [3.8, 4) is 0 Å². The molecule has 116 valence electrons. The van der Waals surface area contributed by atoms with Gasteiger partial charge in [-0.1, -0.05) is 24.3 Å². The van der Waals surface area contributed by atoms with Crippen molar-refractivity contribution >= 4 is 37.2 Å². The summed E-state index contributed by atoms with van der Waals surface area (Å²) in [5.41, 5.74) is 9.05. The van der Waals surface area contributed by atoms with Gasteiger partial charge >= 0.3 is 0 Å². The van der Waals surface area contributed by atoms with Crippen LogP contribution in [-0.4, -0.2) is 43.0 Å². The van der Waals surface area contributed by atoms with Gasteiger partial charge in [0.25, 0.3) is 0 Å². The van der Waals surface area contributed by atoms with E-state index in [0.717, 1.165) is 6.42 Å². The number of hydrogen-bond acceptors (Lipinski definition) is 3. The van der Waals surface area contributed by atoms with E-state index in [2.05, 4.69) is 41.1 Å². The van der Waals surface area contributed by atoms with Gasteiger partial charge in [0.1, 0.15) is 0 Å². The van der Waals surface area contributed by atoms with Crippen LogP contribution in [0.2, 0.25) is 0 Å². The molecular formula is C14H24Cl3N3. The molecule has 3 rings (SSSR count). The minimum absolute atomic E-state index is 0. The molecule has 0 spiro atoms. The summed E-state index contributed by atoms with van der Waals surface area (Å²) < 4.78 is 0. The highest BCUT2D eigenvalue weighted by Crippen LogP contribution is 2.40. The molecule has 2 atom stereocenters. The first kappa shape index (κ1) is 20.0. The molecule has 1 heterocycles. The fraction of sp³-hybridized carbons (Fsp3) is 0.571. The lowest BCUT2D eigenvalue weighted by Gasteiger charge is -2.36. The van der Waals surface area contributed by atoms with Crippen molar-refractivity contribution in [2.75, 3.05) is 33.2 Å². The van der Waals surface area contributed by atoms with E-state index in [9.17, 15) is 0 Å². The second-order valence-electron chi connectivity index (χ2n) is 5.33. The van der Waals surface area contributed by atoms with E-state index in [-0.39, 0.29) is 43.3 Å². The summed E-state index contributed by atoms with van der Waals surface area (Å²) in [4.78, 5) is 5.00. The molecule has 1 fully saturated rings. The Labute approximate surface area is 140 Å². The van der Waals surface area contributed by atoms with E-state index in [1.54, 1.807) is 0 Å². The van der Waals surface area contributed by atoms with Gasteiger partial charge in [0, 0.05) is 38.3 Å². The van der Waals surface area contributed by atoms with E-state index in [4.69, 9.17) is 5.73 Å². The lowest BCUT2D eigenvalue weighted by molar-refractivity contribution is 0.109. The molecule has 2 aliphatic rings. The van der Waals surface area contributed by atoms with Crippen LogP contribution in [0.3, 0.4) is 0 Å². The van der Waals surface area contributed by atoms with E-state index in [0.29, 0.717) is 6.04 Å². The standard InChI is InChI=1S/C14H21N3.3ClH/c1-16-6-8-17(9-7-16)14-10-13(15)11-4-2-3-5-12(11)14;;;/h2-5,13-14H,6-10,15H2,1H3;3*1H/t13-,14-;;;/m1.../s1. The molecule has 1 aliphatic carbocycles. The van der Waals surface area contributed by atoms with Gasteiger partial charge in [-0.15, -0.1) is 37.2 Å². The number of nitrogens with two attached hydrogens (primary N) is 1. The average Bonchev–Trinajstić information content (AvgIpc) is 2.69. The van der Waals surface area contributed by atoms with Crippen molar-refractivity contribution in [1.82, 2.24) is 9.80 Å². The SMILES string of the molecule is CN1CCN([C@@H]2C[C@@H](N)c3ccccc32)CC1.Cl.Cl.Cl. The highest BCUT2D eigenvalue weighted by molar-refractivity contribution is 5.86. The van der Waals surface area contributed by atoms with Gasteiger partial charge in [-0.25, -0.2) is 0 Å². The van der Waals surface area contributed by atoms with Crippen molar-refractivity contribution in [3.63, 3.8) is 0 Å². The third-order valence-corrected chi connectivity index (χ3v) is 4.21. The molecule has 0 bridgehead atoms. The molecule has 0 saturated carbocycles. The molecule has 1 aromatic rings. The number of piperazine rings is 1. The highest BCUT2D eigenvalue weighted by atomic mass is 35.5. The summed E-state index contributed by atoms with van der Waals surface area (Å²) in [6.07, 6.45) is 1.09. The lowest BCUT2D eigenvalue weighted by atomic mass is 10.1. The third kappa shape index (κ3) is 3.79. The summed E-state index contributed by atoms with van der Waals surface area (Å²) in [6, 6.07) is 9.47. The fourth-order valence-corrected chi connectivity index (χ4v) is 3.13. The quantitative estimate of drug-likeness (QED) is 0.853. The van der Waals surface area contributed by atoms with Crippen LogP contribution in [0.5, 0.6) is 0 Å². The summed E-state index contributed by atoms with van der Waals surface area (Å²) in [5.74, 6) is 0. The molecule has 0 radical (unpaired) electrons. The Morgan fingerprint density at radius 1 is 0.950 bits per heavy atom. The van der Waals surface area contributed by atoms with E-state index in [1.165, 1.54) is 37.3 Å². The molecule has 0 aromatic heterocycles. The summed E-state index contributed by atoms with van der Waals surface area (Å²) in [7, 11) is 2.20. The second-order valence-corrected chi connectivity index (χ2v) is 5.33. The van der Waals surface area contributed by atoms with Gasteiger partial charge < -0.3 is 10.6 Å². The fourth-order valence-electron chi connectivity index (χ4n) is 3.13. The van der Waals surface area contributed by atoms with Crippen molar-refractivity contribution in [3.05, 3.63) is 35.4 Å². The van der Waals surface area contributed by atoms with E-state index in [1.807, 2.05) is 0 Å². The number of likely N-dealkylation sites (N-methyl/N-ethyl adjacent to an activating group) is 1. The van der Waals surface area contributed by atoms with Gasteiger partial charge in [0.15, 0.2) is 0 Å². The number of halogens is 3. The van der Waals surface area contributed by atoms with E-state index >= 15 is 0 Å². The molecule has 0 amide bonds. The van der Waals surface area contributed by atoms with Crippen LogP contribution in [0.25, 0.3) is 0 Å². The van der Waals surface area contributed by atoms with Gasteiger partial charge in [0.2, 0.25) is 0 Å². The Morgan fingerprint density at radius 3 is 2.10 bits per heavy atom. The van der Waals surface area contributed by atoms with Gasteiger partial charge in [-0.3, -0.25) is 4.90 Å². The Bertz CT molecular complexity index is 408. The van der Waals surface area contributed by atoms with Crippen LogP contribution in [0.4, 0.5) is 0 Å². The Balaban J connectivity index is 0.00000120. The minimum atomic E-state index is 0. The zero-order chi connectivity index (χ0) is 11.8. The number of fused-ring (bicyclic) bond motifs is 1. The van der Waals surface area contributed by atoms with Crippen molar-refractivity contribution in [2.45, 2.75) is 18.5 Å². The smallest absolute Gasteiger partial charge is 0.0370 e. The van der Waals surface area contributed by atoms with Crippen LogP contribution >= 0.6 is 37.2 Å². The maximum Gasteiger partial charge on any atom is 0.0370 e. The minimum Gasteiger partial charge on any atom is -0.324 e. The summed E-state index contributed by atoms with van der Waals surface area (Å²) >= 11 is 0. The van der Waals surface area contributed by atoms with Crippen LogP contribution in [0.1, 0.15) is 29.6 Å². The van der Waals surface area contributed by atoms with Crippen molar-refractivity contribution in [1.29, 1.82) is 0 Å². The Kier molecular flexibility index (Phi) is 8.41. The Hall–Kier alpha value is -0.0300. The summed E-state index contributed by atoms with van der Waals surface area (Å²) in [6.45, 7) is 4.69. The van der Waals surface area contributed by atoms with Crippen LogP contribution in [0, 0.1) is 0 Å². The van der Waals surface area contributed by atoms with Crippen molar-refractivity contribution < 1.29 is 0 Å². The second kappa shape index (κ2) is 8.42. The van der Waals surface area contributed by atoms with Crippen LogP contribution in [-0.2, 0) is 0 Å². The van der Waals surface area contributed by atoms with Crippen LogP contribution in [0.15, 0.2) is 24.3 Å². The molecular weight excluding hydrogens is 317 g/mol. The molecule has 1 saturated heterocycles. The monoisotopic (exact) mass is 339 g/mol. The zero-order valence-corrected chi connectivity index (χ0v) is 14.1. The predicted octanol–water partition coefficient (Wildman–Crippen LogP) is 2.64. The molecule has 1 aromatic carbocycles. The number of hydrogen-bond donors (Lipinski definition) is 1. The number of benzene rings is 1. The first-order valence-corrected chi connectivity index (χ1v) is 6.52. The molecule has 6 heteroatoms. The largest absolute Gasteiger partial charge is 0.324 e. The highest BCUT2D eigenvalue weighted by Gasteiger charge is 2.33. The number of rotatable bonds is 1. The van der Waals surface area contributed by atoms with Gasteiger partial charge in [-0.05, 0) is 24.6 Å². The van der Waals surface area contributed by atoms with E-state index < -0.39 is 0 Å². The van der Waals surface area contributed by atoms with Gasteiger partial charge in [-0.2, -0.15) is 0 Å². The average molecular weight is 341 g/mol. The zero-order valence-electron chi connectivity index (χ0n) is 11.7. The Morgan fingerprint density at radius 2 is 1.50 bits per heavy atom. The maximum atomic E-state index is 6.23. The summed E-state index contributed by atoms with van der Waals surface area (Å²) in [5, 5.41) is 0. The molecule has 3 nitrogen and oxygen atoms in total. The first-order chi connectivity index (χ1) is 8.25. The molecule has 1 aliphatic heterocycles. The first-order valence-electron chi connectivity index (χ1n) is 6.52. The van der Waals surface area contributed by atoms with Gasteiger partial charge in [0.05, 0.1) is 0 Å². The predicted molar refractivity (Wildman–Crippen MR) is 91.5 cm³/mol. The topological polar surface area (TPSA) is 32.5 Å². The van der Waals surface area contributed by atoms with Crippen molar-refractivity contribution in [2.24, 2.45) is 5.73 Å². The van der Waals surface area contributed by atoms with Crippen LogP contribution < -0.4 is 5.73 Å². The molecule has 20 heavy (non-hydrogen) atoms. The lowest BCUT2D eigenvalue weighted by Crippen LogP contribution is -2.45. The third-order valence-electron chi connectivity index (χ3n) is 4.21. The maximum absolute atomic E-state index is 6.23.